The van der Waals surface area contributed by atoms with Gasteiger partial charge in [0.1, 0.15) is 11.4 Å². The second kappa shape index (κ2) is 6.16. The van der Waals surface area contributed by atoms with Crippen LogP contribution in [-0.4, -0.2) is 10.1 Å². The first-order valence-electron chi connectivity index (χ1n) is 8.43. The van der Waals surface area contributed by atoms with Crippen LogP contribution in [0.1, 0.15) is 28.7 Å². The van der Waals surface area contributed by atoms with Crippen molar-refractivity contribution < 1.29 is 22.7 Å². The smallest absolute Gasteiger partial charge is 0.380 e. The number of nitrogens with zero attached hydrogens (tertiary/aromatic N) is 1. The van der Waals surface area contributed by atoms with Gasteiger partial charge in [-0.05, 0) is 41.7 Å². The van der Waals surface area contributed by atoms with Gasteiger partial charge in [-0.25, -0.2) is 4.39 Å². The van der Waals surface area contributed by atoms with Crippen LogP contribution in [0.5, 0.6) is 0 Å². The van der Waals surface area contributed by atoms with Gasteiger partial charge < -0.3 is 5.11 Å². The van der Waals surface area contributed by atoms with Crippen molar-refractivity contribution in [2.45, 2.75) is 24.6 Å². The average Bonchev–Trinajstić information content (AvgIpc) is 3.00. The quantitative estimate of drug-likeness (QED) is 0.635. The Kier molecular flexibility index (Phi) is 4.03. The molecule has 1 atom stereocenters. The third-order valence-corrected chi connectivity index (χ3v) is 5.03. The van der Waals surface area contributed by atoms with Gasteiger partial charge in [0.15, 0.2) is 0 Å². The molecular formula is C21H15F4NO. The first-order valence-corrected chi connectivity index (χ1v) is 8.43. The highest BCUT2D eigenvalue weighted by atomic mass is 19.4. The fourth-order valence-corrected chi connectivity index (χ4v) is 3.76. The monoisotopic (exact) mass is 373 g/mol. The van der Waals surface area contributed by atoms with Crippen LogP contribution in [0.4, 0.5) is 17.6 Å². The summed E-state index contributed by atoms with van der Waals surface area (Å²) in [4.78, 5) is 4.14. The summed E-state index contributed by atoms with van der Waals surface area (Å²) in [7, 11) is 0. The number of hydrogen-bond donors (Lipinski definition) is 1. The number of hydrogen-bond acceptors (Lipinski definition) is 2. The molecule has 2 aromatic carbocycles. The highest BCUT2D eigenvalue weighted by Crippen LogP contribution is 2.46. The molecule has 0 amide bonds. The van der Waals surface area contributed by atoms with E-state index in [0.717, 1.165) is 17.7 Å². The number of aliphatic hydroxyl groups is 1. The van der Waals surface area contributed by atoms with Crippen LogP contribution in [0, 0.1) is 5.82 Å². The van der Waals surface area contributed by atoms with Crippen molar-refractivity contribution >= 4 is 0 Å². The number of pyridine rings is 1. The van der Waals surface area contributed by atoms with E-state index in [2.05, 4.69) is 4.98 Å². The normalized spacial score (nSPS) is 19.1. The molecule has 0 aliphatic heterocycles. The number of benzene rings is 2. The van der Waals surface area contributed by atoms with Crippen molar-refractivity contribution in [2.75, 3.05) is 0 Å². The molecule has 0 radical (unpaired) electrons. The first-order chi connectivity index (χ1) is 12.8. The molecular weight excluding hydrogens is 358 g/mol. The minimum absolute atomic E-state index is 0.251. The largest absolute Gasteiger partial charge is 0.419 e. The van der Waals surface area contributed by atoms with Gasteiger partial charge in [-0.15, -0.1) is 0 Å². The van der Waals surface area contributed by atoms with Crippen LogP contribution in [0.25, 0.3) is 11.1 Å². The lowest BCUT2D eigenvalue weighted by Gasteiger charge is -2.27. The van der Waals surface area contributed by atoms with Crippen LogP contribution in [0.15, 0.2) is 60.9 Å². The predicted molar refractivity (Wildman–Crippen MR) is 92.4 cm³/mol. The van der Waals surface area contributed by atoms with E-state index in [1.165, 1.54) is 12.3 Å². The number of halogens is 4. The number of rotatable bonds is 2. The molecule has 1 aromatic heterocycles. The van der Waals surface area contributed by atoms with Crippen LogP contribution < -0.4 is 0 Å². The van der Waals surface area contributed by atoms with Crippen molar-refractivity contribution in [3.8, 4) is 11.1 Å². The summed E-state index contributed by atoms with van der Waals surface area (Å²) >= 11 is 0. The molecule has 0 spiro atoms. The van der Waals surface area contributed by atoms with Crippen LogP contribution in [0.3, 0.4) is 0 Å². The topological polar surface area (TPSA) is 33.1 Å². The van der Waals surface area contributed by atoms with Gasteiger partial charge in [0.25, 0.3) is 0 Å². The van der Waals surface area contributed by atoms with E-state index in [1.807, 2.05) is 18.2 Å². The molecule has 1 aliphatic carbocycles. The average molecular weight is 373 g/mol. The Balaban J connectivity index is 1.89. The van der Waals surface area contributed by atoms with Crippen LogP contribution >= 0.6 is 0 Å². The molecule has 1 heterocycles. The van der Waals surface area contributed by atoms with Crippen molar-refractivity contribution in [1.82, 2.24) is 4.98 Å². The fraction of sp³-hybridized carbons (Fsp3) is 0.190. The summed E-state index contributed by atoms with van der Waals surface area (Å²) in [5.74, 6) is -1.35. The molecule has 3 aromatic rings. The summed E-state index contributed by atoms with van der Waals surface area (Å²) in [6, 6.07) is 11.8. The van der Waals surface area contributed by atoms with Crippen LogP contribution in [-0.2, 0) is 18.2 Å². The zero-order valence-corrected chi connectivity index (χ0v) is 14.1. The highest BCUT2D eigenvalue weighted by Gasteiger charge is 2.41. The summed E-state index contributed by atoms with van der Waals surface area (Å²) < 4.78 is 52.7. The standard InChI is InChI=1S/C21H15F4NO/c22-18-10-13(6-7-17(18)21(23,24)25)16-12-26-11-14-8-9-20(27,19(14)16)15-4-2-1-3-5-15/h1-7,10-12,27H,8-9H2. The Hall–Kier alpha value is -2.73. The van der Waals surface area contributed by atoms with E-state index in [9.17, 15) is 22.7 Å². The van der Waals surface area contributed by atoms with Crippen LogP contribution in [0.2, 0.25) is 0 Å². The van der Waals surface area contributed by atoms with E-state index in [0.29, 0.717) is 29.5 Å². The minimum Gasteiger partial charge on any atom is -0.380 e. The second-order valence-corrected chi connectivity index (χ2v) is 6.64. The maximum Gasteiger partial charge on any atom is 0.419 e. The van der Waals surface area contributed by atoms with Crippen molar-refractivity contribution in [2.24, 2.45) is 0 Å². The lowest BCUT2D eigenvalue weighted by Crippen LogP contribution is -2.24. The van der Waals surface area contributed by atoms with Crippen molar-refractivity contribution in [3.63, 3.8) is 0 Å². The summed E-state index contributed by atoms with van der Waals surface area (Å²) in [5, 5.41) is 11.4. The van der Waals surface area contributed by atoms with Gasteiger partial charge >= 0.3 is 6.18 Å². The van der Waals surface area contributed by atoms with Gasteiger partial charge in [-0.3, -0.25) is 4.98 Å². The zero-order chi connectivity index (χ0) is 19.2. The predicted octanol–water partition coefficient (Wildman–Crippen LogP) is 5.09. The lowest BCUT2D eigenvalue weighted by molar-refractivity contribution is -0.139. The second-order valence-electron chi connectivity index (χ2n) is 6.64. The first kappa shape index (κ1) is 17.7. The van der Waals surface area contributed by atoms with Gasteiger partial charge in [-0.1, -0.05) is 36.4 Å². The molecule has 1 unspecified atom stereocenters. The molecule has 138 valence electrons. The lowest BCUT2D eigenvalue weighted by atomic mass is 9.84. The summed E-state index contributed by atoms with van der Waals surface area (Å²) in [6.45, 7) is 0. The van der Waals surface area contributed by atoms with E-state index in [4.69, 9.17) is 0 Å². The molecule has 6 heteroatoms. The SMILES string of the molecule is OC1(c2ccccc2)CCc2cncc(-c3ccc(C(F)(F)F)c(F)c3)c21. The Morgan fingerprint density at radius 2 is 1.74 bits per heavy atom. The van der Waals surface area contributed by atoms with Crippen molar-refractivity contribution in [3.05, 3.63) is 89.0 Å². The van der Waals surface area contributed by atoms with E-state index < -0.39 is 23.2 Å². The molecule has 0 fully saturated rings. The zero-order valence-electron chi connectivity index (χ0n) is 14.1. The Morgan fingerprint density at radius 3 is 2.41 bits per heavy atom. The molecule has 1 N–H and O–H groups in total. The molecule has 1 aliphatic rings. The Bertz CT molecular complexity index is 1000. The van der Waals surface area contributed by atoms with E-state index >= 15 is 0 Å². The molecule has 27 heavy (non-hydrogen) atoms. The van der Waals surface area contributed by atoms with E-state index in [1.54, 1.807) is 18.3 Å². The molecule has 4 rings (SSSR count). The fourth-order valence-electron chi connectivity index (χ4n) is 3.76. The van der Waals surface area contributed by atoms with Gasteiger partial charge in [0.05, 0.1) is 5.56 Å². The highest BCUT2D eigenvalue weighted by molar-refractivity contribution is 5.71. The van der Waals surface area contributed by atoms with Gasteiger partial charge in [-0.2, -0.15) is 13.2 Å². The molecule has 0 saturated carbocycles. The molecule has 0 bridgehead atoms. The number of aryl methyl sites for hydroxylation is 1. The third kappa shape index (κ3) is 2.90. The maximum atomic E-state index is 14.1. The van der Waals surface area contributed by atoms with Crippen molar-refractivity contribution in [1.29, 1.82) is 0 Å². The summed E-state index contributed by atoms with van der Waals surface area (Å²) in [5.41, 5.74) is 0.134. The van der Waals surface area contributed by atoms with E-state index in [-0.39, 0.29) is 5.56 Å². The minimum atomic E-state index is -4.76. The maximum absolute atomic E-state index is 14.1. The molecule has 0 saturated heterocycles. The molecule has 2 nitrogen and oxygen atoms in total. The van der Waals surface area contributed by atoms with Gasteiger partial charge in [0.2, 0.25) is 0 Å². The Labute approximate surface area is 153 Å². The number of aromatic nitrogens is 1. The number of fused-ring (bicyclic) bond motifs is 1. The summed E-state index contributed by atoms with van der Waals surface area (Å²) in [6.07, 6.45) is -0.663. The van der Waals surface area contributed by atoms with Gasteiger partial charge in [0, 0.05) is 23.5 Å². The number of alkyl halides is 3. The Morgan fingerprint density at radius 1 is 1.00 bits per heavy atom. The third-order valence-electron chi connectivity index (χ3n) is 5.03.